The minimum absolute atomic E-state index is 0.180. The first-order valence-electron chi connectivity index (χ1n) is 6.87. The highest BCUT2D eigenvalue weighted by Gasteiger charge is 2.20. The van der Waals surface area contributed by atoms with E-state index >= 15 is 0 Å². The molecule has 132 valence electrons. The summed E-state index contributed by atoms with van der Waals surface area (Å²) in [5, 5.41) is -0.721. The Balaban J connectivity index is 5.37. The maximum atomic E-state index is 6.21. The topological polar surface area (TPSA) is 0 Å². The van der Waals surface area contributed by atoms with Crippen molar-refractivity contribution >= 4 is 92.8 Å². The first kappa shape index (κ1) is 24.1. The summed E-state index contributed by atoms with van der Waals surface area (Å²) in [6, 6.07) is 0. The molecule has 0 bridgehead atoms. The molecule has 0 spiro atoms. The van der Waals surface area contributed by atoms with Crippen LogP contribution >= 0.6 is 92.8 Å². The van der Waals surface area contributed by atoms with Crippen molar-refractivity contribution in [2.75, 3.05) is 23.5 Å². The number of allylic oxidation sites excluding steroid dienone is 2. The van der Waals surface area contributed by atoms with Crippen molar-refractivity contribution in [3.8, 4) is 0 Å². The Morgan fingerprint density at radius 1 is 0.455 bits per heavy atom. The lowest BCUT2D eigenvalue weighted by Gasteiger charge is -2.22. The van der Waals surface area contributed by atoms with Crippen LogP contribution < -0.4 is 0 Å². The molecule has 0 heterocycles. The van der Waals surface area contributed by atoms with Crippen LogP contribution in [0.4, 0.5) is 0 Å². The van der Waals surface area contributed by atoms with Crippen LogP contribution in [-0.2, 0) is 0 Å². The summed E-state index contributed by atoms with van der Waals surface area (Å²) in [7, 11) is 0. The van der Waals surface area contributed by atoms with Gasteiger partial charge in [-0.05, 0) is 25.7 Å². The molecule has 4 atom stereocenters. The van der Waals surface area contributed by atoms with Crippen LogP contribution in [0.5, 0.6) is 0 Å². The van der Waals surface area contributed by atoms with E-state index in [1.807, 2.05) is 0 Å². The molecule has 0 radical (unpaired) electrons. The van der Waals surface area contributed by atoms with E-state index < -0.39 is 0 Å². The second-order valence-electron chi connectivity index (χ2n) is 5.03. The predicted octanol–water partition coefficient (Wildman–Crippen LogP) is 7.23. The summed E-state index contributed by atoms with van der Waals surface area (Å²) in [5.74, 6) is 1.41. The molecule has 0 nitrogen and oxygen atoms in total. The second kappa shape index (κ2) is 14.3. The zero-order valence-electron chi connectivity index (χ0n) is 12.0. The summed E-state index contributed by atoms with van der Waals surface area (Å²) in [5.41, 5.74) is 2.21. The van der Waals surface area contributed by atoms with Gasteiger partial charge in [0.2, 0.25) is 0 Å². The van der Waals surface area contributed by atoms with Crippen LogP contribution in [0.25, 0.3) is 0 Å². The van der Waals surface area contributed by atoms with Gasteiger partial charge in [-0.15, -0.1) is 92.8 Å². The monoisotopic (exact) mass is 468 g/mol. The Labute approximate surface area is 173 Å². The zero-order valence-corrected chi connectivity index (χ0v) is 18.0. The molecule has 0 N–H and O–H groups in total. The van der Waals surface area contributed by atoms with Gasteiger partial charge >= 0.3 is 0 Å². The van der Waals surface area contributed by atoms with E-state index in [4.69, 9.17) is 92.8 Å². The number of hydrogen-bond acceptors (Lipinski definition) is 0. The number of alkyl halides is 8. The van der Waals surface area contributed by atoms with Crippen LogP contribution in [0.1, 0.15) is 25.7 Å². The third-order valence-corrected chi connectivity index (χ3v) is 6.40. The lowest BCUT2D eigenvalue weighted by Crippen LogP contribution is -2.15. The molecule has 0 aliphatic rings. The van der Waals surface area contributed by atoms with Crippen molar-refractivity contribution in [3.63, 3.8) is 0 Å². The molecule has 4 unspecified atom stereocenters. The fourth-order valence-corrected chi connectivity index (χ4v) is 3.21. The summed E-state index contributed by atoms with van der Waals surface area (Å²) in [6.45, 7) is 0. The molecule has 0 rings (SSSR count). The van der Waals surface area contributed by atoms with Gasteiger partial charge in [0.05, 0.1) is 21.5 Å². The molecule has 0 saturated carbocycles. The van der Waals surface area contributed by atoms with Crippen LogP contribution in [0, 0.1) is 0 Å². The molecule has 0 fully saturated rings. The number of halogens is 8. The summed E-state index contributed by atoms with van der Waals surface area (Å²) >= 11 is 48.2. The van der Waals surface area contributed by atoms with Crippen molar-refractivity contribution < 1.29 is 0 Å². The van der Waals surface area contributed by atoms with Gasteiger partial charge in [-0.2, -0.15) is 0 Å². The highest BCUT2D eigenvalue weighted by molar-refractivity contribution is 6.29. The average molecular weight is 472 g/mol. The Morgan fingerprint density at radius 3 is 0.773 bits per heavy atom. The third-order valence-electron chi connectivity index (χ3n) is 3.04. The van der Waals surface area contributed by atoms with E-state index in [-0.39, 0.29) is 21.5 Å². The SMILES string of the molecule is ClCC(Cl)CC(CC(Cl)CCl)=C(CC(Cl)CCl)CC(Cl)CCl. The van der Waals surface area contributed by atoms with Crippen molar-refractivity contribution in [2.45, 2.75) is 47.2 Å². The van der Waals surface area contributed by atoms with E-state index in [1.165, 1.54) is 0 Å². The Hall–Kier alpha value is 2.06. The standard InChI is InChI=1S/C14H20Cl8/c15-5-11(19)1-9(2-12(20)6-16)10(3-13(21)7-17)4-14(22)8-18/h11-14H,1-8H2. The Morgan fingerprint density at radius 2 is 0.636 bits per heavy atom. The molecule has 0 amide bonds. The molecule has 0 aliphatic heterocycles. The van der Waals surface area contributed by atoms with Crippen molar-refractivity contribution in [2.24, 2.45) is 0 Å². The molecule has 0 saturated heterocycles. The Kier molecular flexibility index (Phi) is 15.6. The molecular formula is C14H20Cl8. The largest absolute Gasteiger partial charge is 0.125 e. The fraction of sp³-hybridized carbons (Fsp3) is 0.857. The molecule has 22 heavy (non-hydrogen) atoms. The predicted molar refractivity (Wildman–Crippen MR) is 107 cm³/mol. The first-order chi connectivity index (χ1) is 10.4. The van der Waals surface area contributed by atoms with E-state index in [2.05, 4.69) is 0 Å². The van der Waals surface area contributed by atoms with Gasteiger partial charge in [-0.1, -0.05) is 11.1 Å². The summed E-state index contributed by atoms with van der Waals surface area (Å²) < 4.78 is 0. The first-order valence-corrected chi connectivity index (χ1v) is 10.8. The smallest absolute Gasteiger partial charge is 0.0508 e. The normalized spacial score (nSPS) is 16.9. The van der Waals surface area contributed by atoms with Crippen LogP contribution in [0.3, 0.4) is 0 Å². The number of rotatable bonds is 12. The van der Waals surface area contributed by atoms with Crippen LogP contribution in [0.2, 0.25) is 0 Å². The lowest BCUT2D eigenvalue weighted by molar-refractivity contribution is 0.738. The van der Waals surface area contributed by atoms with Crippen LogP contribution in [0.15, 0.2) is 11.1 Å². The van der Waals surface area contributed by atoms with Crippen LogP contribution in [-0.4, -0.2) is 45.0 Å². The second-order valence-corrected chi connectivity index (χ2v) is 8.73. The van der Waals surface area contributed by atoms with Gasteiger partial charge in [0.15, 0.2) is 0 Å². The van der Waals surface area contributed by atoms with Gasteiger partial charge < -0.3 is 0 Å². The lowest BCUT2D eigenvalue weighted by atomic mass is 9.92. The van der Waals surface area contributed by atoms with Gasteiger partial charge in [0.25, 0.3) is 0 Å². The molecular weight excluding hydrogens is 452 g/mol. The highest BCUT2D eigenvalue weighted by atomic mass is 35.5. The van der Waals surface area contributed by atoms with Crippen molar-refractivity contribution in [1.82, 2.24) is 0 Å². The van der Waals surface area contributed by atoms with Gasteiger partial charge in [0, 0.05) is 23.5 Å². The molecule has 0 aromatic carbocycles. The minimum atomic E-state index is -0.180. The molecule has 0 aliphatic carbocycles. The highest BCUT2D eigenvalue weighted by Crippen LogP contribution is 2.31. The van der Waals surface area contributed by atoms with E-state index in [9.17, 15) is 0 Å². The van der Waals surface area contributed by atoms with E-state index in [1.54, 1.807) is 0 Å². The fourth-order valence-electron chi connectivity index (χ4n) is 2.03. The molecule has 8 heteroatoms. The zero-order chi connectivity index (χ0) is 17.1. The van der Waals surface area contributed by atoms with E-state index in [0.29, 0.717) is 49.2 Å². The van der Waals surface area contributed by atoms with Gasteiger partial charge in [-0.25, -0.2) is 0 Å². The average Bonchev–Trinajstić information content (AvgIpc) is 2.52. The quantitative estimate of drug-likeness (QED) is 0.208. The van der Waals surface area contributed by atoms with Crippen molar-refractivity contribution in [3.05, 3.63) is 11.1 Å². The minimum Gasteiger partial charge on any atom is -0.125 e. The Bertz CT molecular complexity index is 262. The maximum Gasteiger partial charge on any atom is 0.0508 e. The van der Waals surface area contributed by atoms with Crippen molar-refractivity contribution in [1.29, 1.82) is 0 Å². The molecule has 0 aromatic rings. The molecule has 0 aromatic heterocycles. The van der Waals surface area contributed by atoms with Gasteiger partial charge in [0.1, 0.15) is 0 Å². The maximum absolute atomic E-state index is 6.21. The third kappa shape index (κ3) is 10.8. The summed E-state index contributed by atoms with van der Waals surface area (Å²) in [4.78, 5) is 0. The van der Waals surface area contributed by atoms with Gasteiger partial charge in [-0.3, -0.25) is 0 Å². The summed E-state index contributed by atoms with van der Waals surface area (Å²) in [6.07, 6.45) is 2.49. The number of hydrogen-bond donors (Lipinski definition) is 0. The van der Waals surface area contributed by atoms with E-state index in [0.717, 1.165) is 11.1 Å².